The number of hydrogen-bond donors (Lipinski definition) is 3. The molecule has 0 unspecified atom stereocenters. The van der Waals surface area contributed by atoms with Gasteiger partial charge in [0.25, 0.3) is 5.91 Å². The van der Waals surface area contributed by atoms with Crippen LogP contribution in [0.1, 0.15) is 16.1 Å². The zero-order valence-electron chi connectivity index (χ0n) is 12.4. The summed E-state index contributed by atoms with van der Waals surface area (Å²) < 4.78 is 22.3. The molecule has 0 fully saturated rings. The molecule has 0 aliphatic heterocycles. The van der Waals surface area contributed by atoms with Crippen LogP contribution in [0.3, 0.4) is 0 Å². The number of hydrogen-bond acceptors (Lipinski definition) is 5. The van der Waals surface area contributed by atoms with Crippen molar-refractivity contribution < 1.29 is 13.2 Å². The average Bonchev–Trinajstić information content (AvgIpc) is 3.17. The second-order valence-corrected chi connectivity index (χ2v) is 7.67. The van der Waals surface area contributed by atoms with Crippen LogP contribution in [-0.2, 0) is 15.8 Å². The second kappa shape index (κ2) is 6.56. The molecule has 2 aromatic heterocycles. The number of sulfonamides is 1. The van der Waals surface area contributed by atoms with E-state index in [4.69, 9.17) is 5.14 Å². The van der Waals surface area contributed by atoms with Gasteiger partial charge >= 0.3 is 0 Å². The average molecular weight is 362 g/mol. The third-order valence-corrected chi connectivity index (χ3v) is 4.79. The molecule has 0 radical (unpaired) electrons. The molecule has 0 atom stereocenters. The summed E-state index contributed by atoms with van der Waals surface area (Å²) in [4.78, 5) is 13.2. The maximum atomic E-state index is 12.3. The van der Waals surface area contributed by atoms with Gasteiger partial charge in [-0.15, -0.1) is 11.3 Å². The highest BCUT2D eigenvalue weighted by Crippen LogP contribution is 2.23. The Bertz CT molecular complexity index is 962. The van der Waals surface area contributed by atoms with Gasteiger partial charge in [0.2, 0.25) is 10.0 Å². The number of rotatable bonds is 5. The van der Waals surface area contributed by atoms with Gasteiger partial charge in [0.05, 0.1) is 16.3 Å². The van der Waals surface area contributed by atoms with Gasteiger partial charge in [-0.05, 0) is 35.2 Å². The van der Waals surface area contributed by atoms with E-state index in [0.29, 0.717) is 11.3 Å². The first-order valence-corrected chi connectivity index (χ1v) is 9.50. The molecule has 0 spiro atoms. The molecule has 3 aromatic rings. The van der Waals surface area contributed by atoms with Crippen molar-refractivity contribution in [1.29, 1.82) is 0 Å². The molecule has 0 saturated carbocycles. The topological polar surface area (TPSA) is 118 Å². The van der Waals surface area contributed by atoms with Gasteiger partial charge in [0.1, 0.15) is 0 Å². The lowest BCUT2D eigenvalue weighted by atomic mass is 10.2. The lowest BCUT2D eigenvalue weighted by Crippen LogP contribution is -2.15. The number of thiophene rings is 1. The van der Waals surface area contributed by atoms with Crippen LogP contribution in [0, 0.1) is 0 Å². The van der Waals surface area contributed by atoms with Crippen molar-refractivity contribution in [3.05, 3.63) is 59.1 Å². The van der Waals surface area contributed by atoms with E-state index in [9.17, 15) is 13.2 Å². The number of anilines is 1. The highest BCUT2D eigenvalue weighted by molar-refractivity contribution is 7.88. The Morgan fingerprint density at radius 3 is 2.79 bits per heavy atom. The molecular weight excluding hydrogens is 348 g/mol. The minimum atomic E-state index is -3.63. The zero-order chi connectivity index (χ0) is 17.2. The van der Waals surface area contributed by atoms with Crippen molar-refractivity contribution in [3.63, 3.8) is 0 Å². The summed E-state index contributed by atoms with van der Waals surface area (Å²) >= 11 is 1.54. The number of nitrogens with zero attached hydrogens (tertiary/aromatic N) is 1. The van der Waals surface area contributed by atoms with Gasteiger partial charge in [-0.1, -0.05) is 18.2 Å². The number of benzene rings is 1. The van der Waals surface area contributed by atoms with Gasteiger partial charge in [0.15, 0.2) is 5.69 Å². The number of carbonyl (C=O) groups is 1. The van der Waals surface area contributed by atoms with Crippen molar-refractivity contribution in [2.24, 2.45) is 5.14 Å². The molecule has 0 saturated heterocycles. The van der Waals surface area contributed by atoms with E-state index in [1.165, 1.54) is 0 Å². The SMILES string of the molecule is NS(=O)(=O)Cc1cccc(NC(=O)c2cc(-c3cccs3)[nH]n2)c1. The van der Waals surface area contributed by atoms with Gasteiger partial charge in [-0.25, -0.2) is 13.6 Å². The molecule has 1 amide bonds. The Hall–Kier alpha value is -2.49. The van der Waals surface area contributed by atoms with Crippen LogP contribution >= 0.6 is 11.3 Å². The van der Waals surface area contributed by atoms with Crippen LogP contribution in [0.25, 0.3) is 10.6 Å². The normalized spacial score (nSPS) is 11.4. The van der Waals surface area contributed by atoms with Crippen LogP contribution < -0.4 is 10.5 Å². The van der Waals surface area contributed by atoms with Gasteiger partial charge in [-0.3, -0.25) is 9.89 Å². The molecule has 3 rings (SSSR count). The Balaban J connectivity index is 1.74. The van der Waals surface area contributed by atoms with Gasteiger partial charge in [-0.2, -0.15) is 5.10 Å². The van der Waals surface area contributed by atoms with Crippen LogP contribution in [-0.4, -0.2) is 24.5 Å². The number of aromatic nitrogens is 2. The van der Waals surface area contributed by atoms with Crippen molar-refractivity contribution in [1.82, 2.24) is 10.2 Å². The van der Waals surface area contributed by atoms with E-state index in [0.717, 1.165) is 10.6 Å². The highest BCUT2D eigenvalue weighted by Gasteiger charge is 2.13. The number of H-pyrrole nitrogens is 1. The number of nitrogens with two attached hydrogens (primary N) is 1. The molecule has 124 valence electrons. The molecule has 4 N–H and O–H groups in total. The van der Waals surface area contributed by atoms with Crippen LogP contribution in [0.15, 0.2) is 47.8 Å². The molecule has 1 aromatic carbocycles. The van der Waals surface area contributed by atoms with E-state index < -0.39 is 10.0 Å². The van der Waals surface area contributed by atoms with E-state index in [1.807, 2.05) is 17.5 Å². The number of aromatic amines is 1. The minimum Gasteiger partial charge on any atom is -0.321 e. The van der Waals surface area contributed by atoms with Crippen molar-refractivity contribution in [2.75, 3.05) is 5.32 Å². The number of amides is 1. The Morgan fingerprint density at radius 1 is 1.25 bits per heavy atom. The third kappa shape index (κ3) is 4.07. The fraction of sp³-hybridized carbons (Fsp3) is 0.0667. The molecular formula is C15H14N4O3S2. The lowest BCUT2D eigenvalue weighted by molar-refractivity contribution is 0.102. The smallest absolute Gasteiger partial charge is 0.276 e. The fourth-order valence-corrected chi connectivity index (χ4v) is 3.50. The molecule has 2 heterocycles. The molecule has 7 nitrogen and oxygen atoms in total. The fourth-order valence-electron chi connectivity index (χ4n) is 2.16. The lowest BCUT2D eigenvalue weighted by Gasteiger charge is -2.05. The minimum absolute atomic E-state index is 0.246. The van der Waals surface area contributed by atoms with Crippen LogP contribution in [0.5, 0.6) is 0 Å². The summed E-state index contributed by atoms with van der Waals surface area (Å²) in [7, 11) is -3.63. The van der Waals surface area contributed by atoms with Crippen molar-refractivity contribution in [3.8, 4) is 10.6 Å². The standard InChI is InChI=1S/C15H14N4O3S2/c16-24(21,22)9-10-3-1-4-11(7-10)17-15(20)13-8-12(18-19-13)14-5-2-6-23-14/h1-8H,9H2,(H,17,20)(H,18,19)(H2,16,21,22). The maximum absolute atomic E-state index is 12.3. The van der Waals surface area contributed by atoms with Crippen LogP contribution in [0.4, 0.5) is 5.69 Å². The second-order valence-electron chi connectivity index (χ2n) is 5.11. The van der Waals surface area contributed by atoms with E-state index in [2.05, 4.69) is 15.5 Å². The maximum Gasteiger partial charge on any atom is 0.276 e. The monoisotopic (exact) mass is 362 g/mol. The third-order valence-electron chi connectivity index (χ3n) is 3.15. The largest absolute Gasteiger partial charge is 0.321 e. The molecule has 0 aliphatic rings. The van der Waals surface area contributed by atoms with Crippen molar-refractivity contribution in [2.45, 2.75) is 5.75 Å². The van der Waals surface area contributed by atoms with E-state index >= 15 is 0 Å². The number of carbonyl (C=O) groups excluding carboxylic acids is 1. The zero-order valence-corrected chi connectivity index (χ0v) is 14.0. The first-order chi connectivity index (χ1) is 11.4. The van der Waals surface area contributed by atoms with Crippen molar-refractivity contribution >= 4 is 33.0 Å². The molecule has 9 heteroatoms. The number of primary sulfonamides is 1. The summed E-state index contributed by atoms with van der Waals surface area (Å²) in [6.45, 7) is 0. The summed E-state index contributed by atoms with van der Waals surface area (Å²) in [5, 5.41) is 16.5. The Morgan fingerprint density at radius 2 is 2.08 bits per heavy atom. The Kier molecular flexibility index (Phi) is 4.47. The predicted octanol–water partition coefficient (Wildman–Crippen LogP) is 2.18. The molecule has 0 aliphatic carbocycles. The van der Waals surface area contributed by atoms with E-state index in [-0.39, 0.29) is 17.4 Å². The quantitative estimate of drug-likeness (QED) is 0.644. The summed E-state index contributed by atoms with van der Waals surface area (Å²) in [5.41, 5.74) is 1.98. The first-order valence-electron chi connectivity index (χ1n) is 6.91. The molecule has 24 heavy (non-hydrogen) atoms. The van der Waals surface area contributed by atoms with Crippen LogP contribution in [0.2, 0.25) is 0 Å². The van der Waals surface area contributed by atoms with Gasteiger partial charge in [0, 0.05) is 5.69 Å². The van der Waals surface area contributed by atoms with E-state index in [1.54, 1.807) is 41.7 Å². The first kappa shape index (κ1) is 16.4. The number of nitrogens with one attached hydrogen (secondary N) is 2. The van der Waals surface area contributed by atoms with Gasteiger partial charge < -0.3 is 5.32 Å². The highest BCUT2D eigenvalue weighted by atomic mass is 32.2. The summed E-state index contributed by atoms with van der Waals surface area (Å²) in [6, 6.07) is 12.0. The molecule has 0 bridgehead atoms. The summed E-state index contributed by atoms with van der Waals surface area (Å²) in [6.07, 6.45) is 0. The Labute approximate surface area is 142 Å². The summed E-state index contributed by atoms with van der Waals surface area (Å²) in [5.74, 6) is -0.677. The predicted molar refractivity (Wildman–Crippen MR) is 93.1 cm³/mol.